The fraction of sp³-hybridized carbons (Fsp3) is 0.308. The molecular formula is C13H15N3O6. The first-order valence-electron chi connectivity index (χ1n) is 6.22. The Morgan fingerprint density at radius 1 is 1.32 bits per heavy atom. The number of carbonyl (C=O) groups excluding carboxylic acids is 3. The summed E-state index contributed by atoms with van der Waals surface area (Å²) in [5, 5.41) is 13.2. The molecule has 0 aliphatic rings. The van der Waals surface area contributed by atoms with Crippen LogP contribution in [0.25, 0.3) is 0 Å². The lowest BCUT2D eigenvalue weighted by molar-refractivity contribution is -0.385. The molecule has 0 fully saturated rings. The minimum Gasteiger partial charge on any atom is -0.452 e. The van der Waals surface area contributed by atoms with Crippen molar-refractivity contribution in [1.82, 2.24) is 10.2 Å². The van der Waals surface area contributed by atoms with Crippen LogP contribution in [0.5, 0.6) is 0 Å². The Bertz CT molecular complexity index is 601. The van der Waals surface area contributed by atoms with Crippen molar-refractivity contribution in [2.45, 2.75) is 0 Å². The minimum atomic E-state index is -0.978. The number of ether oxygens (including phenoxy) is 1. The van der Waals surface area contributed by atoms with E-state index in [1.54, 1.807) is 0 Å². The second-order valence-corrected chi connectivity index (χ2v) is 4.27. The maximum absolute atomic E-state index is 11.8. The van der Waals surface area contributed by atoms with E-state index in [4.69, 9.17) is 4.74 Å². The van der Waals surface area contributed by atoms with Gasteiger partial charge < -0.3 is 15.0 Å². The predicted octanol–water partition coefficient (Wildman–Crippen LogP) is -0.0440. The molecule has 1 rings (SSSR count). The maximum atomic E-state index is 11.8. The van der Waals surface area contributed by atoms with Gasteiger partial charge in [-0.1, -0.05) is 12.1 Å². The molecule has 22 heavy (non-hydrogen) atoms. The molecule has 0 aliphatic heterocycles. The summed E-state index contributed by atoms with van der Waals surface area (Å²) in [5.41, 5.74) is -0.645. The van der Waals surface area contributed by atoms with Gasteiger partial charge in [0.25, 0.3) is 11.6 Å². The molecule has 1 aromatic rings. The molecule has 9 nitrogen and oxygen atoms in total. The van der Waals surface area contributed by atoms with E-state index in [9.17, 15) is 24.5 Å². The number of para-hydroxylation sites is 1. The van der Waals surface area contributed by atoms with Gasteiger partial charge in [-0.3, -0.25) is 19.7 Å². The van der Waals surface area contributed by atoms with Crippen molar-refractivity contribution < 1.29 is 24.0 Å². The van der Waals surface area contributed by atoms with Gasteiger partial charge >= 0.3 is 5.97 Å². The predicted molar refractivity (Wildman–Crippen MR) is 75.1 cm³/mol. The van der Waals surface area contributed by atoms with E-state index >= 15 is 0 Å². The smallest absolute Gasteiger partial charge is 0.345 e. The van der Waals surface area contributed by atoms with Crippen LogP contribution in [0.2, 0.25) is 0 Å². The standard InChI is InChI=1S/C13H15N3O6/c1-14-11(17)7-15(2)12(18)8-22-13(19)9-5-3-4-6-10(9)16(20)21/h3-6H,7-8H2,1-2H3,(H,14,17). The fourth-order valence-corrected chi connectivity index (χ4v) is 1.50. The number of benzene rings is 1. The molecule has 0 unspecified atom stereocenters. The maximum Gasteiger partial charge on any atom is 0.345 e. The highest BCUT2D eigenvalue weighted by molar-refractivity contribution is 5.95. The summed E-state index contributed by atoms with van der Waals surface area (Å²) in [5.74, 6) is -1.95. The molecule has 0 heterocycles. The summed E-state index contributed by atoms with van der Waals surface area (Å²) in [6, 6.07) is 5.26. The third-order valence-electron chi connectivity index (χ3n) is 2.73. The van der Waals surface area contributed by atoms with Crippen LogP contribution in [-0.4, -0.2) is 54.9 Å². The number of amides is 2. The first-order chi connectivity index (χ1) is 10.4. The Balaban J connectivity index is 2.65. The molecule has 0 bridgehead atoms. The van der Waals surface area contributed by atoms with Gasteiger partial charge in [0.15, 0.2) is 6.61 Å². The molecule has 0 aliphatic carbocycles. The largest absolute Gasteiger partial charge is 0.452 e. The van der Waals surface area contributed by atoms with Gasteiger partial charge in [0.05, 0.1) is 11.5 Å². The Morgan fingerprint density at radius 2 is 1.95 bits per heavy atom. The number of nitro benzene ring substituents is 1. The molecule has 1 N–H and O–H groups in total. The van der Waals surface area contributed by atoms with Crippen molar-refractivity contribution in [3.63, 3.8) is 0 Å². The summed E-state index contributed by atoms with van der Waals surface area (Å²) in [7, 11) is 2.80. The number of hydrogen-bond donors (Lipinski definition) is 1. The second kappa shape index (κ2) is 7.72. The van der Waals surface area contributed by atoms with E-state index in [1.807, 2.05) is 0 Å². The Labute approximate surface area is 126 Å². The first-order valence-corrected chi connectivity index (χ1v) is 6.22. The third kappa shape index (κ3) is 4.54. The van der Waals surface area contributed by atoms with Crippen LogP contribution in [0, 0.1) is 10.1 Å². The number of esters is 1. The summed E-state index contributed by atoms with van der Waals surface area (Å²) in [6.07, 6.45) is 0. The highest BCUT2D eigenvalue weighted by atomic mass is 16.6. The molecule has 0 atom stereocenters. The van der Waals surface area contributed by atoms with E-state index in [-0.39, 0.29) is 18.0 Å². The Hall–Kier alpha value is -2.97. The van der Waals surface area contributed by atoms with Gasteiger partial charge in [0, 0.05) is 20.2 Å². The van der Waals surface area contributed by atoms with Crippen molar-refractivity contribution in [1.29, 1.82) is 0 Å². The normalized spacial score (nSPS) is 9.73. The number of nitrogens with zero attached hydrogens (tertiary/aromatic N) is 2. The quantitative estimate of drug-likeness (QED) is 0.447. The average Bonchev–Trinajstić information content (AvgIpc) is 2.51. The summed E-state index contributed by atoms with van der Waals surface area (Å²) < 4.78 is 4.75. The molecule has 118 valence electrons. The van der Waals surface area contributed by atoms with Crippen molar-refractivity contribution in [2.24, 2.45) is 0 Å². The van der Waals surface area contributed by atoms with Crippen LogP contribution >= 0.6 is 0 Å². The SMILES string of the molecule is CNC(=O)CN(C)C(=O)COC(=O)c1ccccc1[N+](=O)[O-]. The number of rotatable bonds is 6. The summed E-state index contributed by atoms with van der Waals surface area (Å²) >= 11 is 0. The molecule has 0 saturated heterocycles. The van der Waals surface area contributed by atoms with E-state index < -0.39 is 29.1 Å². The van der Waals surface area contributed by atoms with Crippen LogP contribution in [-0.2, 0) is 14.3 Å². The molecule has 9 heteroatoms. The molecule has 2 amide bonds. The number of hydrogen-bond acceptors (Lipinski definition) is 6. The zero-order valence-electron chi connectivity index (χ0n) is 12.1. The van der Waals surface area contributed by atoms with Crippen molar-refractivity contribution >= 4 is 23.5 Å². The number of nitro groups is 1. The minimum absolute atomic E-state index is 0.182. The second-order valence-electron chi connectivity index (χ2n) is 4.27. The Kier molecular flexibility index (Phi) is 5.99. The van der Waals surface area contributed by atoms with Gasteiger partial charge in [0.1, 0.15) is 5.56 Å². The van der Waals surface area contributed by atoms with Crippen LogP contribution in [0.15, 0.2) is 24.3 Å². The fourth-order valence-electron chi connectivity index (χ4n) is 1.50. The lowest BCUT2D eigenvalue weighted by atomic mass is 10.2. The van der Waals surface area contributed by atoms with E-state index in [1.165, 1.54) is 32.3 Å². The summed E-state index contributed by atoms with van der Waals surface area (Å²) in [4.78, 5) is 45.8. The van der Waals surface area contributed by atoms with Crippen molar-refractivity contribution in [3.8, 4) is 0 Å². The lowest BCUT2D eigenvalue weighted by Crippen LogP contribution is -2.39. The number of nitrogens with one attached hydrogen (secondary N) is 1. The van der Waals surface area contributed by atoms with Crippen LogP contribution in [0.1, 0.15) is 10.4 Å². The van der Waals surface area contributed by atoms with Crippen LogP contribution < -0.4 is 5.32 Å². The van der Waals surface area contributed by atoms with Gasteiger partial charge in [0.2, 0.25) is 5.91 Å². The average molecular weight is 309 g/mol. The third-order valence-corrected chi connectivity index (χ3v) is 2.73. The monoisotopic (exact) mass is 309 g/mol. The zero-order valence-corrected chi connectivity index (χ0v) is 12.1. The lowest BCUT2D eigenvalue weighted by Gasteiger charge is -2.15. The van der Waals surface area contributed by atoms with Crippen molar-refractivity contribution in [2.75, 3.05) is 27.2 Å². The van der Waals surface area contributed by atoms with Crippen molar-refractivity contribution in [3.05, 3.63) is 39.9 Å². The van der Waals surface area contributed by atoms with Gasteiger partial charge in [-0.05, 0) is 6.07 Å². The van der Waals surface area contributed by atoms with E-state index in [0.29, 0.717) is 0 Å². The highest BCUT2D eigenvalue weighted by Crippen LogP contribution is 2.18. The molecule has 0 saturated carbocycles. The van der Waals surface area contributed by atoms with Crippen LogP contribution in [0.3, 0.4) is 0 Å². The number of carbonyl (C=O) groups is 3. The van der Waals surface area contributed by atoms with Gasteiger partial charge in [-0.25, -0.2) is 4.79 Å². The molecule has 0 aromatic heterocycles. The molecule has 0 spiro atoms. The topological polar surface area (TPSA) is 119 Å². The van der Waals surface area contributed by atoms with Gasteiger partial charge in [-0.15, -0.1) is 0 Å². The first kappa shape index (κ1) is 17.1. The highest BCUT2D eigenvalue weighted by Gasteiger charge is 2.22. The molecule has 1 aromatic carbocycles. The van der Waals surface area contributed by atoms with Gasteiger partial charge in [-0.2, -0.15) is 0 Å². The number of likely N-dealkylation sites (N-methyl/N-ethyl adjacent to an activating group) is 2. The molecule has 0 radical (unpaired) electrons. The van der Waals surface area contributed by atoms with E-state index in [0.717, 1.165) is 11.0 Å². The Morgan fingerprint density at radius 3 is 2.55 bits per heavy atom. The van der Waals surface area contributed by atoms with E-state index in [2.05, 4.69) is 5.32 Å². The zero-order chi connectivity index (χ0) is 16.7. The summed E-state index contributed by atoms with van der Waals surface area (Å²) in [6.45, 7) is -0.795. The molecular weight excluding hydrogens is 294 g/mol. The van der Waals surface area contributed by atoms with Crippen LogP contribution in [0.4, 0.5) is 5.69 Å².